The van der Waals surface area contributed by atoms with Gasteiger partial charge in [0.1, 0.15) is 5.82 Å². The maximum Gasteiger partial charge on any atom is 0.237 e. The Balaban J connectivity index is 0.00000128. The summed E-state index contributed by atoms with van der Waals surface area (Å²) in [5.74, 6) is -0.330. The minimum absolute atomic E-state index is 0. The van der Waals surface area contributed by atoms with Crippen molar-refractivity contribution in [1.29, 1.82) is 0 Å². The van der Waals surface area contributed by atoms with Gasteiger partial charge in [0.25, 0.3) is 0 Å². The van der Waals surface area contributed by atoms with Crippen LogP contribution in [0, 0.1) is 5.82 Å². The summed E-state index contributed by atoms with van der Waals surface area (Å²) in [7, 11) is 0. The molecule has 1 atom stereocenters. The SMILES string of the molecule is Cl.O=C(NCc1ccccc1F)[C@H]1CCN1. The first-order chi connectivity index (χ1) is 7.27. The molecule has 1 amide bonds. The van der Waals surface area contributed by atoms with Crippen LogP contribution in [0.1, 0.15) is 12.0 Å². The summed E-state index contributed by atoms with van der Waals surface area (Å²) >= 11 is 0. The van der Waals surface area contributed by atoms with Gasteiger partial charge in [-0.25, -0.2) is 4.39 Å². The van der Waals surface area contributed by atoms with Crippen LogP contribution in [0.5, 0.6) is 0 Å². The second-order valence-corrected chi connectivity index (χ2v) is 3.60. The third-order valence-electron chi connectivity index (χ3n) is 2.55. The maximum absolute atomic E-state index is 13.2. The highest BCUT2D eigenvalue weighted by atomic mass is 35.5. The topological polar surface area (TPSA) is 41.1 Å². The number of hydrogen-bond acceptors (Lipinski definition) is 2. The predicted octanol–water partition coefficient (Wildman–Crippen LogP) is 1.23. The highest BCUT2D eigenvalue weighted by Crippen LogP contribution is 2.06. The molecule has 2 N–H and O–H groups in total. The molecule has 1 aliphatic heterocycles. The predicted molar refractivity (Wildman–Crippen MR) is 61.9 cm³/mol. The fraction of sp³-hybridized carbons (Fsp3) is 0.364. The lowest BCUT2D eigenvalue weighted by molar-refractivity contribution is -0.124. The van der Waals surface area contributed by atoms with Crippen LogP contribution < -0.4 is 10.6 Å². The third-order valence-corrected chi connectivity index (χ3v) is 2.55. The molecule has 0 radical (unpaired) electrons. The average Bonchev–Trinajstić information content (AvgIpc) is 2.14. The van der Waals surface area contributed by atoms with Gasteiger partial charge in [0.15, 0.2) is 0 Å². The Bertz CT molecular complexity index is 369. The molecule has 16 heavy (non-hydrogen) atoms. The molecule has 2 rings (SSSR count). The van der Waals surface area contributed by atoms with E-state index in [1.807, 2.05) is 0 Å². The van der Waals surface area contributed by atoms with Crippen molar-refractivity contribution in [1.82, 2.24) is 10.6 Å². The van der Waals surface area contributed by atoms with E-state index in [0.717, 1.165) is 13.0 Å². The fourth-order valence-electron chi connectivity index (χ4n) is 1.46. The number of halogens is 2. The number of amides is 1. The van der Waals surface area contributed by atoms with E-state index in [0.29, 0.717) is 5.56 Å². The normalized spacial score (nSPS) is 18.2. The number of nitrogens with one attached hydrogen (secondary N) is 2. The maximum atomic E-state index is 13.2. The minimum Gasteiger partial charge on any atom is -0.351 e. The zero-order valence-corrected chi connectivity index (χ0v) is 9.52. The van der Waals surface area contributed by atoms with Gasteiger partial charge in [0.2, 0.25) is 5.91 Å². The molecule has 3 nitrogen and oxygen atoms in total. The molecule has 5 heteroatoms. The molecule has 0 aliphatic carbocycles. The van der Waals surface area contributed by atoms with Crippen molar-refractivity contribution in [3.05, 3.63) is 35.6 Å². The van der Waals surface area contributed by atoms with Crippen molar-refractivity contribution in [2.24, 2.45) is 0 Å². The Kier molecular flexibility index (Phi) is 4.71. The lowest BCUT2D eigenvalue weighted by Gasteiger charge is -2.26. The van der Waals surface area contributed by atoms with Gasteiger partial charge in [-0.1, -0.05) is 18.2 Å². The van der Waals surface area contributed by atoms with Gasteiger partial charge in [0.05, 0.1) is 6.04 Å². The van der Waals surface area contributed by atoms with Crippen LogP contribution >= 0.6 is 12.4 Å². The summed E-state index contributed by atoms with van der Waals surface area (Å²) in [4.78, 5) is 11.4. The molecule has 0 unspecified atom stereocenters. The summed E-state index contributed by atoms with van der Waals surface area (Å²) < 4.78 is 13.2. The van der Waals surface area contributed by atoms with Gasteiger partial charge in [-0.05, 0) is 19.0 Å². The molecule has 0 aromatic heterocycles. The van der Waals surface area contributed by atoms with E-state index in [1.165, 1.54) is 6.07 Å². The van der Waals surface area contributed by atoms with Crippen molar-refractivity contribution in [3.8, 4) is 0 Å². The van der Waals surface area contributed by atoms with Crippen LogP contribution in [0.2, 0.25) is 0 Å². The van der Waals surface area contributed by atoms with Gasteiger partial charge in [-0.15, -0.1) is 12.4 Å². The molecule has 1 aromatic rings. The smallest absolute Gasteiger partial charge is 0.237 e. The van der Waals surface area contributed by atoms with E-state index in [1.54, 1.807) is 18.2 Å². The largest absolute Gasteiger partial charge is 0.351 e. The third kappa shape index (κ3) is 2.93. The zero-order valence-electron chi connectivity index (χ0n) is 8.70. The standard InChI is InChI=1S/C11H13FN2O.ClH/c12-9-4-2-1-3-8(9)7-14-11(15)10-5-6-13-10;/h1-4,10,13H,5-7H2,(H,14,15);1H/t10-;/m1./s1. The number of carbonyl (C=O) groups excluding carboxylic acids is 1. The lowest BCUT2D eigenvalue weighted by atomic mass is 10.1. The molecular formula is C11H14ClFN2O. The summed E-state index contributed by atoms with van der Waals surface area (Å²) in [6.07, 6.45) is 0.864. The Hall–Kier alpha value is -1.13. The van der Waals surface area contributed by atoms with E-state index in [-0.39, 0.29) is 36.7 Å². The van der Waals surface area contributed by atoms with E-state index in [4.69, 9.17) is 0 Å². The van der Waals surface area contributed by atoms with Crippen LogP contribution in [0.25, 0.3) is 0 Å². The Morgan fingerprint density at radius 3 is 2.75 bits per heavy atom. The first kappa shape index (κ1) is 12.9. The van der Waals surface area contributed by atoms with Gasteiger partial charge in [-0.3, -0.25) is 4.79 Å². The lowest BCUT2D eigenvalue weighted by Crippen LogP contribution is -2.53. The summed E-state index contributed by atoms with van der Waals surface area (Å²) in [5, 5.41) is 5.69. The first-order valence-electron chi connectivity index (χ1n) is 5.02. The molecule has 1 heterocycles. The molecule has 1 aliphatic rings. The van der Waals surface area contributed by atoms with Crippen LogP contribution in [0.15, 0.2) is 24.3 Å². The highest BCUT2D eigenvalue weighted by Gasteiger charge is 2.23. The molecule has 0 spiro atoms. The minimum atomic E-state index is -0.278. The van der Waals surface area contributed by atoms with Crippen LogP contribution in [-0.2, 0) is 11.3 Å². The summed E-state index contributed by atoms with van der Waals surface area (Å²) in [5.41, 5.74) is 0.519. The number of benzene rings is 1. The Morgan fingerprint density at radius 2 is 2.19 bits per heavy atom. The fourth-order valence-corrected chi connectivity index (χ4v) is 1.46. The molecule has 88 valence electrons. The van der Waals surface area contributed by atoms with Gasteiger partial charge in [0, 0.05) is 12.1 Å². The van der Waals surface area contributed by atoms with E-state index in [9.17, 15) is 9.18 Å². The molecule has 0 saturated carbocycles. The second kappa shape index (κ2) is 5.82. The second-order valence-electron chi connectivity index (χ2n) is 3.60. The van der Waals surface area contributed by atoms with E-state index >= 15 is 0 Å². The monoisotopic (exact) mass is 244 g/mol. The molecule has 1 aromatic carbocycles. The van der Waals surface area contributed by atoms with Gasteiger partial charge < -0.3 is 10.6 Å². The number of rotatable bonds is 3. The summed E-state index contributed by atoms with van der Waals surface area (Å²) in [6, 6.07) is 6.37. The highest BCUT2D eigenvalue weighted by molar-refractivity contribution is 5.85. The zero-order chi connectivity index (χ0) is 10.7. The van der Waals surface area contributed by atoms with Crippen LogP contribution in [0.4, 0.5) is 4.39 Å². The summed E-state index contributed by atoms with van der Waals surface area (Å²) in [6.45, 7) is 1.14. The van der Waals surface area contributed by atoms with E-state index < -0.39 is 0 Å². The van der Waals surface area contributed by atoms with Gasteiger partial charge in [-0.2, -0.15) is 0 Å². The average molecular weight is 245 g/mol. The number of carbonyl (C=O) groups is 1. The van der Waals surface area contributed by atoms with Crippen molar-refractivity contribution >= 4 is 18.3 Å². The molecule has 0 bridgehead atoms. The van der Waals surface area contributed by atoms with Crippen molar-refractivity contribution in [2.45, 2.75) is 19.0 Å². The van der Waals surface area contributed by atoms with Crippen LogP contribution in [0.3, 0.4) is 0 Å². The van der Waals surface area contributed by atoms with Crippen molar-refractivity contribution < 1.29 is 9.18 Å². The molecule has 1 saturated heterocycles. The Morgan fingerprint density at radius 1 is 1.50 bits per heavy atom. The number of hydrogen-bond donors (Lipinski definition) is 2. The van der Waals surface area contributed by atoms with Crippen molar-refractivity contribution in [2.75, 3.05) is 6.54 Å². The van der Waals surface area contributed by atoms with Crippen LogP contribution in [-0.4, -0.2) is 18.5 Å². The van der Waals surface area contributed by atoms with Gasteiger partial charge >= 0.3 is 0 Å². The molecular weight excluding hydrogens is 231 g/mol. The quantitative estimate of drug-likeness (QED) is 0.840. The Labute approximate surface area is 99.8 Å². The molecule has 1 fully saturated rings. The van der Waals surface area contributed by atoms with E-state index in [2.05, 4.69) is 10.6 Å². The first-order valence-corrected chi connectivity index (χ1v) is 5.02. The van der Waals surface area contributed by atoms with Crippen molar-refractivity contribution in [3.63, 3.8) is 0 Å².